The summed E-state index contributed by atoms with van der Waals surface area (Å²) < 4.78 is 10.3. The van der Waals surface area contributed by atoms with Crippen LogP contribution in [0.4, 0.5) is 0 Å². The minimum Gasteiger partial charge on any atom is -0.394 e. The molecule has 0 saturated carbocycles. The van der Waals surface area contributed by atoms with E-state index in [9.17, 15) is 0 Å². The summed E-state index contributed by atoms with van der Waals surface area (Å²) in [5.41, 5.74) is 0. The lowest BCUT2D eigenvalue weighted by Crippen LogP contribution is -2.42. The molecule has 0 aromatic rings. The third-order valence-electron chi connectivity index (χ3n) is 1.56. The quantitative estimate of drug-likeness (QED) is 0.458. The van der Waals surface area contributed by atoms with E-state index in [2.05, 4.69) is 0 Å². The van der Waals surface area contributed by atoms with Gasteiger partial charge in [0.05, 0.1) is 19.8 Å². The van der Waals surface area contributed by atoms with Gasteiger partial charge in [0.15, 0.2) is 5.79 Å². The number of hydrogen-bond acceptors (Lipinski definition) is 5. The molecular weight excluding hydrogens is 176 g/mol. The molecule has 0 aliphatic carbocycles. The number of aliphatic hydroxyl groups is 3. The molecule has 5 nitrogen and oxygen atoms in total. The van der Waals surface area contributed by atoms with E-state index in [1.807, 2.05) is 0 Å². The van der Waals surface area contributed by atoms with Gasteiger partial charge in [-0.1, -0.05) is 0 Å². The normalized spacial score (nSPS) is 16.2. The first-order valence-corrected chi connectivity index (χ1v) is 4.26. The van der Waals surface area contributed by atoms with Crippen LogP contribution >= 0.6 is 0 Å². The smallest absolute Gasteiger partial charge is 0.189 e. The maximum atomic E-state index is 8.94. The topological polar surface area (TPSA) is 79.2 Å². The highest BCUT2D eigenvalue weighted by Crippen LogP contribution is 2.14. The zero-order valence-electron chi connectivity index (χ0n) is 8.06. The zero-order chi connectivity index (χ0) is 10.3. The highest BCUT2D eigenvalue weighted by atomic mass is 16.7. The third kappa shape index (κ3) is 4.54. The van der Waals surface area contributed by atoms with Gasteiger partial charge in [-0.3, -0.25) is 0 Å². The summed E-state index contributed by atoms with van der Waals surface area (Å²) in [7, 11) is 0. The van der Waals surface area contributed by atoms with Crippen LogP contribution in [0.5, 0.6) is 0 Å². The zero-order valence-corrected chi connectivity index (χ0v) is 8.06. The summed E-state index contributed by atoms with van der Waals surface area (Å²) in [5.74, 6) is -1.15. The summed E-state index contributed by atoms with van der Waals surface area (Å²) in [6, 6.07) is 0. The van der Waals surface area contributed by atoms with Crippen molar-refractivity contribution in [2.75, 3.05) is 26.4 Å². The first-order valence-electron chi connectivity index (χ1n) is 4.26. The van der Waals surface area contributed by atoms with Gasteiger partial charge in [0.1, 0.15) is 6.10 Å². The van der Waals surface area contributed by atoms with Crippen LogP contribution < -0.4 is 0 Å². The van der Waals surface area contributed by atoms with Gasteiger partial charge >= 0.3 is 0 Å². The second kappa shape index (κ2) is 6.28. The predicted molar refractivity (Wildman–Crippen MR) is 46.2 cm³/mol. The number of aliphatic hydroxyl groups excluding tert-OH is 3. The van der Waals surface area contributed by atoms with Crippen LogP contribution in [0.3, 0.4) is 0 Å². The molecule has 80 valence electrons. The molecular formula is C8H18O5. The molecule has 0 bridgehead atoms. The van der Waals surface area contributed by atoms with Gasteiger partial charge in [0.2, 0.25) is 0 Å². The highest BCUT2D eigenvalue weighted by Gasteiger charge is 2.28. The van der Waals surface area contributed by atoms with E-state index in [-0.39, 0.29) is 19.8 Å². The van der Waals surface area contributed by atoms with Crippen molar-refractivity contribution < 1.29 is 24.8 Å². The van der Waals surface area contributed by atoms with Crippen molar-refractivity contribution >= 4 is 0 Å². The molecule has 13 heavy (non-hydrogen) atoms. The first kappa shape index (κ1) is 12.8. The van der Waals surface area contributed by atoms with Crippen LogP contribution in [0.2, 0.25) is 0 Å². The van der Waals surface area contributed by atoms with E-state index in [0.29, 0.717) is 6.61 Å². The largest absolute Gasteiger partial charge is 0.394 e. The molecule has 0 radical (unpaired) electrons. The fourth-order valence-electron chi connectivity index (χ4n) is 0.907. The maximum Gasteiger partial charge on any atom is 0.189 e. The first-order chi connectivity index (χ1) is 6.11. The molecule has 0 spiro atoms. The molecule has 1 unspecified atom stereocenters. The summed E-state index contributed by atoms with van der Waals surface area (Å²) in [6.45, 7) is 2.77. The van der Waals surface area contributed by atoms with E-state index in [1.54, 1.807) is 13.8 Å². The van der Waals surface area contributed by atoms with Gasteiger partial charge < -0.3 is 24.8 Å². The van der Waals surface area contributed by atoms with Crippen molar-refractivity contribution in [3.8, 4) is 0 Å². The Balaban J connectivity index is 4.07. The SMILES string of the molecule is CCOC(C)(CO)OC(CO)CO. The molecule has 0 amide bonds. The number of hydrogen-bond donors (Lipinski definition) is 3. The molecule has 0 heterocycles. The van der Waals surface area contributed by atoms with Crippen molar-refractivity contribution in [3.05, 3.63) is 0 Å². The predicted octanol–water partition coefficient (Wildman–Crippen LogP) is -0.899. The van der Waals surface area contributed by atoms with Crippen molar-refractivity contribution in [3.63, 3.8) is 0 Å². The molecule has 0 aromatic heterocycles. The second-order valence-corrected chi connectivity index (χ2v) is 2.83. The molecule has 0 aliphatic heterocycles. The van der Waals surface area contributed by atoms with Gasteiger partial charge in [-0.05, 0) is 13.8 Å². The van der Waals surface area contributed by atoms with Crippen molar-refractivity contribution in [1.82, 2.24) is 0 Å². The Morgan fingerprint density at radius 1 is 1.23 bits per heavy atom. The monoisotopic (exact) mass is 194 g/mol. The van der Waals surface area contributed by atoms with E-state index in [0.717, 1.165) is 0 Å². The van der Waals surface area contributed by atoms with E-state index in [1.165, 1.54) is 0 Å². The summed E-state index contributed by atoms with van der Waals surface area (Å²) in [5, 5.41) is 26.4. The highest BCUT2D eigenvalue weighted by molar-refractivity contribution is 4.65. The number of rotatable bonds is 7. The van der Waals surface area contributed by atoms with Crippen molar-refractivity contribution in [2.45, 2.75) is 25.7 Å². The molecule has 5 heteroatoms. The summed E-state index contributed by atoms with van der Waals surface area (Å²) in [4.78, 5) is 0. The van der Waals surface area contributed by atoms with Gasteiger partial charge in [-0.2, -0.15) is 0 Å². The van der Waals surface area contributed by atoms with Gasteiger partial charge in [0, 0.05) is 6.61 Å². The molecule has 0 aromatic carbocycles. The van der Waals surface area contributed by atoms with E-state index >= 15 is 0 Å². The van der Waals surface area contributed by atoms with Gasteiger partial charge in [0.25, 0.3) is 0 Å². The van der Waals surface area contributed by atoms with E-state index < -0.39 is 11.9 Å². The van der Waals surface area contributed by atoms with Crippen LogP contribution in [-0.4, -0.2) is 53.6 Å². The lowest BCUT2D eigenvalue weighted by Gasteiger charge is -2.30. The van der Waals surface area contributed by atoms with Gasteiger partial charge in [-0.25, -0.2) is 0 Å². The van der Waals surface area contributed by atoms with Crippen LogP contribution in [0, 0.1) is 0 Å². The van der Waals surface area contributed by atoms with Crippen LogP contribution in [-0.2, 0) is 9.47 Å². The summed E-state index contributed by atoms with van der Waals surface area (Å²) in [6.07, 6.45) is -0.719. The Bertz CT molecular complexity index is 126. The van der Waals surface area contributed by atoms with Crippen molar-refractivity contribution in [1.29, 1.82) is 0 Å². The third-order valence-corrected chi connectivity index (χ3v) is 1.56. The average Bonchev–Trinajstić information content (AvgIpc) is 2.15. The minimum absolute atomic E-state index is 0.306. The standard InChI is InChI=1S/C8H18O5/c1-3-12-8(2,6-11)13-7(4-9)5-10/h7,9-11H,3-6H2,1-2H3. The van der Waals surface area contributed by atoms with Crippen LogP contribution in [0.15, 0.2) is 0 Å². The molecule has 0 rings (SSSR count). The number of ether oxygens (including phenoxy) is 2. The Morgan fingerprint density at radius 3 is 2.08 bits per heavy atom. The fraction of sp³-hybridized carbons (Fsp3) is 1.00. The fourth-order valence-corrected chi connectivity index (χ4v) is 0.907. The van der Waals surface area contributed by atoms with Crippen LogP contribution in [0.1, 0.15) is 13.8 Å². The maximum absolute atomic E-state index is 8.94. The Kier molecular flexibility index (Phi) is 6.19. The van der Waals surface area contributed by atoms with Crippen LogP contribution in [0.25, 0.3) is 0 Å². The Morgan fingerprint density at radius 2 is 1.77 bits per heavy atom. The molecule has 0 fully saturated rings. The molecule has 0 aliphatic rings. The second-order valence-electron chi connectivity index (χ2n) is 2.83. The lowest BCUT2D eigenvalue weighted by atomic mass is 10.3. The lowest BCUT2D eigenvalue weighted by molar-refractivity contribution is -0.270. The molecule has 3 N–H and O–H groups in total. The average molecular weight is 194 g/mol. The summed E-state index contributed by atoms with van der Waals surface area (Å²) >= 11 is 0. The molecule has 0 saturated heterocycles. The van der Waals surface area contributed by atoms with Crippen molar-refractivity contribution in [2.24, 2.45) is 0 Å². The van der Waals surface area contributed by atoms with Gasteiger partial charge in [-0.15, -0.1) is 0 Å². The minimum atomic E-state index is -1.15. The molecule has 1 atom stereocenters. The van der Waals surface area contributed by atoms with E-state index in [4.69, 9.17) is 24.8 Å². The Hall–Kier alpha value is -0.200. The Labute approximate surface area is 77.9 Å².